The Labute approximate surface area is 193 Å². The third kappa shape index (κ3) is 4.38. The molecule has 156 valence electrons. The average Bonchev–Trinajstić information content (AvgIpc) is 3.27. The minimum atomic E-state index is -1.56. The summed E-state index contributed by atoms with van der Waals surface area (Å²) < 4.78 is 32.3. The molecule has 1 atom stereocenters. The third-order valence-electron chi connectivity index (χ3n) is 4.07. The molecule has 1 unspecified atom stereocenters. The van der Waals surface area contributed by atoms with Crippen molar-refractivity contribution in [1.82, 2.24) is 14.7 Å². The van der Waals surface area contributed by atoms with Gasteiger partial charge in [0.1, 0.15) is 21.7 Å². The molecule has 0 aliphatic rings. The van der Waals surface area contributed by atoms with E-state index >= 15 is 4.39 Å². The van der Waals surface area contributed by atoms with Crippen molar-refractivity contribution < 1.29 is 8.60 Å². The van der Waals surface area contributed by atoms with Gasteiger partial charge in [-0.3, -0.25) is 4.72 Å². The smallest absolute Gasteiger partial charge is 0.186 e. The van der Waals surface area contributed by atoms with E-state index in [2.05, 4.69) is 14.7 Å². The Kier molecular flexibility index (Phi) is 5.89. The SMILES string of the molecule is CC(C)(C)S(=O)N/C(=C(/F)c1nc2ccc(Cl)cc2s1)c1nc2ccc(Cl)cc2s1. The minimum absolute atomic E-state index is 0.0470. The molecule has 2 aromatic carbocycles. The van der Waals surface area contributed by atoms with E-state index in [1.165, 1.54) is 22.7 Å². The first-order valence-corrected chi connectivity index (χ1v) is 12.4. The van der Waals surface area contributed by atoms with Crippen LogP contribution in [0.4, 0.5) is 4.39 Å². The van der Waals surface area contributed by atoms with E-state index in [1.54, 1.807) is 36.4 Å². The van der Waals surface area contributed by atoms with E-state index in [0.29, 0.717) is 26.1 Å². The lowest BCUT2D eigenvalue weighted by atomic mass is 10.3. The number of thiazole rings is 2. The molecule has 4 rings (SSSR count). The Morgan fingerprint density at radius 1 is 0.967 bits per heavy atom. The van der Waals surface area contributed by atoms with Crippen LogP contribution in [0, 0.1) is 0 Å². The second kappa shape index (κ2) is 8.16. The van der Waals surface area contributed by atoms with Gasteiger partial charge >= 0.3 is 0 Å². The van der Waals surface area contributed by atoms with Crippen molar-refractivity contribution in [3.05, 3.63) is 56.5 Å². The maximum absolute atomic E-state index is 15.7. The molecule has 4 aromatic rings. The molecule has 0 bridgehead atoms. The molecule has 2 aromatic heterocycles. The van der Waals surface area contributed by atoms with Crippen LogP contribution < -0.4 is 4.72 Å². The highest BCUT2D eigenvalue weighted by atomic mass is 35.5. The molecule has 0 spiro atoms. The lowest BCUT2D eigenvalue weighted by Gasteiger charge is -2.19. The van der Waals surface area contributed by atoms with Crippen LogP contribution in [0.15, 0.2) is 36.4 Å². The van der Waals surface area contributed by atoms with Gasteiger partial charge in [0.15, 0.2) is 10.8 Å². The van der Waals surface area contributed by atoms with Crippen molar-refractivity contribution in [1.29, 1.82) is 0 Å². The van der Waals surface area contributed by atoms with E-state index < -0.39 is 21.6 Å². The molecule has 0 saturated heterocycles. The van der Waals surface area contributed by atoms with Crippen LogP contribution >= 0.6 is 45.9 Å². The average molecular weight is 500 g/mol. The molecular weight excluding hydrogens is 484 g/mol. The van der Waals surface area contributed by atoms with E-state index in [1.807, 2.05) is 20.8 Å². The summed E-state index contributed by atoms with van der Waals surface area (Å²) >= 11 is 14.6. The standard InChI is InChI=1S/C20H16Cl2FN3OS3/c1-20(2,3)30(27)26-17(19-25-13-7-5-11(22)9-15(13)29-19)16(23)18-24-12-6-4-10(21)8-14(12)28-18/h4-9,26H,1-3H3/b17-16+. The first-order valence-electron chi connectivity index (χ1n) is 8.83. The zero-order valence-electron chi connectivity index (χ0n) is 16.1. The van der Waals surface area contributed by atoms with Gasteiger partial charge in [-0.1, -0.05) is 23.2 Å². The number of hydrogen-bond donors (Lipinski definition) is 1. The minimum Gasteiger partial charge on any atom is -0.299 e. The lowest BCUT2D eigenvalue weighted by Crippen LogP contribution is -2.32. The van der Waals surface area contributed by atoms with Crippen LogP contribution in [0.2, 0.25) is 10.0 Å². The zero-order chi connectivity index (χ0) is 21.6. The summed E-state index contributed by atoms with van der Waals surface area (Å²) in [4.78, 5) is 8.91. The highest BCUT2D eigenvalue weighted by Gasteiger charge is 2.26. The maximum atomic E-state index is 15.7. The van der Waals surface area contributed by atoms with Crippen molar-refractivity contribution in [2.45, 2.75) is 25.5 Å². The predicted molar refractivity (Wildman–Crippen MR) is 128 cm³/mol. The largest absolute Gasteiger partial charge is 0.299 e. The highest BCUT2D eigenvalue weighted by Crippen LogP contribution is 2.36. The van der Waals surface area contributed by atoms with Gasteiger partial charge in [-0.15, -0.1) is 22.7 Å². The van der Waals surface area contributed by atoms with Gasteiger partial charge < -0.3 is 0 Å². The Hall–Kier alpha value is -1.58. The fourth-order valence-electron chi connectivity index (χ4n) is 2.53. The van der Waals surface area contributed by atoms with Crippen molar-refractivity contribution in [2.24, 2.45) is 0 Å². The highest BCUT2D eigenvalue weighted by molar-refractivity contribution is 7.84. The number of benzene rings is 2. The third-order valence-corrected chi connectivity index (χ3v) is 8.09. The lowest BCUT2D eigenvalue weighted by molar-refractivity contribution is 0.644. The Morgan fingerprint density at radius 3 is 2.00 bits per heavy atom. The fourth-order valence-corrected chi connectivity index (χ4v) is 5.70. The molecule has 0 radical (unpaired) electrons. The summed E-state index contributed by atoms with van der Waals surface area (Å²) in [7, 11) is -1.56. The fraction of sp³-hybridized carbons (Fsp3) is 0.200. The quantitative estimate of drug-likeness (QED) is 0.326. The summed E-state index contributed by atoms with van der Waals surface area (Å²) in [6.07, 6.45) is 0. The van der Waals surface area contributed by atoms with Gasteiger partial charge in [0.2, 0.25) is 0 Å². The molecule has 0 amide bonds. The summed E-state index contributed by atoms with van der Waals surface area (Å²) in [6, 6.07) is 10.5. The van der Waals surface area contributed by atoms with Crippen molar-refractivity contribution in [3.63, 3.8) is 0 Å². The predicted octanol–water partition coefficient (Wildman–Crippen LogP) is 7.06. The molecule has 0 saturated carbocycles. The molecule has 10 heteroatoms. The summed E-state index contributed by atoms with van der Waals surface area (Å²) in [5, 5.41) is 1.66. The van der Waals surface area contributed by atoms with E-state index in [-0.39, 0.29) is 10.7 Å². The second-order valence-electron chi connectivity index (χ2n) is 7.43. The van der Waals surface area contributed by atoms with Crippen LogP contribution in [0.1, 0.15) is 30.8 Å². The molecule has 0 fully saturated rings. The van der Waals surface area contributed by atoms with Crippen LogP contribution in [0.25, 0.3) is 32.0 Å². The summed E-state index contributed by atoms with van der Waals surface area (Å²) in [5.41, 5.74) is 1.37. The van der Waals surface area contributed by atoms with E-state index in [9.17, 15) is 4.21 Å². The first-order chi connectivity index (χ1) is 14.1. The van der Waals surface area contributed by atoms with Crippen molar-refractivity contribution in [2.75, 3.05) is 0 Å². The Balaban J connectivity index is 1.88. The molecule has 2 heterocycles. The number of nitrogens with one attached hydrogen (secondary N) is 1. The van der Waals surface area contributed by atoms with Gasteiger partial charge in [-0.25, -0.2) is 18.6 Å². The van der Waals surface area contributed by atoms with Gasteiger partial charge in [-0.2, -0.15) is 0 Å². The van der Waals surface area contributed by atoms with Gasteiger partial charge in [0.05, 0.1) is 25.2 Å². The van der Waals surface area contributed by atoms with Crippen LogP contribution in [0.5, 0.6) is 0 Å². The number of fused-ring (bicyclic) bond motifs is 2. The van der Waals surface area contributed by atoms with Crippen molar-refractivity contribution >= 4 is 88.8 Å². The number of nitrogens with zero attached hydrogens (tertiary/aromatic N) is 2. The number of rotatable bonds is 4. The van der Waals surface area contributed by atoms with Gasteiger partial charge in [-0.05, 0) is 57.2 Å². The maximum Gasteiger partial charge on any atom is 0.186 e. The van der Waals surface area contributed by atoms with Crippen LogP contribution in [-0.2, 0) is 11.0 Å². The normalized spacial score (nSPS) is 14.2. The Bertz CT molecular complexity index is 1320. The summed E-state index contributed by atoms with van der Waals surface area (Å²) in [6.45, 7) is 5.43. The number of hydrogen-bond acceptors (Lipinski definition) is 5. The van der Waals surface area contributed by atoms with Crippen LogP contribution in [-0.4, -0.2) is 18.9 Å². The molecular formula is C20H16Cl2FN3OS3. The van der Waals surface area contributed by atoms with Gasteiger partial charge in [0, 0.05) is 10.0 Å². The van der Waals surface area contributed by atoms with Crippen molar-refractivity contribution in [3.8, 4) is 0 Å². The zero-order valence-corrected chi connectivity index (χ0v) is 20.1. The molecule has 1 N–H and O–H groups in total. The molecule has 4 nitrogen and oxygen atoms in total. The molecule has 0 aliphatic carbocycles. The molecule has 0 aliphatic heterocycles. The van der Waals surface area contributed by atoms with E-state index in [4.69, 9.17) is 23.2 Å². The van der Waals surface area contributed by atoms with Gasteiger partial charge in [0.25, 0.3) is 0 Å². The Morgan fingerprint density at radius 2 is 1.47 bits per heavy atom. The van der Waals surface area contributed by atoms with E-state index in [0.717, 1.165) is 9.40 Å². The number of halogens is 3. The van der Waals surface area contributed by atoms with Crippen LogP contribution in [0.3, 0.4) is 0 Å². The summed E-state index contributed by atoms with van der Waals surface area (Å²) in [5.74, 6) is -0.616. The topological polar surface area (TPSA) is 54.9 Å². The number of aromatic nitrogens is 2. The first kappa shape index (κ1) is 21.6. The monoisotopic (exact) mass is 499 g/mol. The second-order valence-corrected chi connectivity index (χ2v) is 12.3. The molecule has 30 heavy (non-hydrogen) atoms.